The molecule has 3 N–H and O–H groups in total. The number of fused-ring (bicyclic) bond motifs is 1. The Morgan fingerprint density at radius 1 is 1.33 bits per heavy atom. The number of nitrogen functional groups attached to an aromatic ring is 1. The molecule has 0 radical (unpaired) electrons. The maximum atomic E-state index is 7.34. The van der Waals surface area contributed by atoms with Crippen LogP contribution < -0.4 is 11.3 Å². The van der Waals surface area contributed by atoms with Crippen molar-refractivity contribution in [3.05, 3.63) is 36.5 Å². The van der Waals surface area contributed by atoms with Crippen LogP contribution in [0.15, 0.2) is 36.5 Å². The van der Waals surface area contributed by atoms with Gasteiger partial charge < -0.3 is 5.43 Å². The first-order valence-corrected chi connectivity index (χ1v) is 3.64. The molecule has 0 unspecified atom stereocenters. The Morgan fingerprint density at radius 2 is 2.25 bits per heavy atom. The van der Waals surface area contributed by atoms with Crippen molar-refractivity contribution in [2.45, 2.75) is 0 Å². The maximum Gasteiger partial charge on any atom is 0.0840 e. The molecule has 0 saturated heterocycles. The van der Waals surface area contributed by atoms with E-state index in [2.05, 4.69) is 10.4 Å². The fourth-order valence-corrected chi connectivity index (χ4v) is 1.18. The Hall–Kier alpha value is -1.61. The first-order chi connectivity index (χ1) is 6.31. The van der Waals surface area contributed by atoms with E-state index < -0.39 is 0 Å². The molecule has 2 rings (SSSR count). The Bertz CT molecular complexity index is 442. The second-order valence-electron chi connectivity index (χ2n) is 2.46. The lowest BCUT2D eigenvalue weighted by Gasteiger charge is -2.03. The lowest BCUT2D eigenvalue weighted by molar-refractivity contribution is 1.35. The molecule has 0 bridgehead atoms. The van der Waals surface area contributed by atoms with Crippen molar-refractivity contribution in [2.24, 2.45) is 5.84 Å². The predicted molar refractivity (Wildman–Crippen MR) is 49.6 cm³/mol. The third-order valence-corrected chi connectivity index (χ3v) is 1.75. The van der Waals surface area contributed by atoms with Gasteiger partial charge in [-0.3, -0.25) is 10.8 Å². The van der Waals surface area contributed by atoms with Crippen molar-refractivity contribution < 1.29 is 1.37 Å². The van der Waals surface area contributed by atoms with Crippen molar-refractivity contribution >= 4 is 16.6 Å². The molecule has 2 aromatic rings. The van der Waals surface area contributed by atoms with Crippen molar-refractivity contribution in [1.29, 1.82) is 0 Å². The Labute approximate surface area is 71.6 Å². The number of hydrazine groups is 1. The summed E-state index contributed by atoms with van der Waals surface area (Å²) in [7, 11) is 0. The van der Waals surface area contributed by atoms with Crippen LogP contribution in [0.1, 0.15) is 1.37 Å². The number of anilines is 1. The number of nitrogens with two attached hydrogens (primary N) is 1. The van der Waals surface area contributed by atoms with Crippen LogP contribution in [0.3, 0.4) is 0 Å². The molecule has 12 heavy (non-hydrogen) atoms. The highest BCUT2D eigenvalue weighted by atomic mass is 15.2. The van der Waals surface area contributed by atoms with E-state index in [4.69, 9.17) is 7.21 Å². The quantitative estimate of drug-likeness (QED) is 0.491. The zero-order chi connectivity index (χ0) is 9.26. The van der Waals surface area contributed by atoms with Crippen molar-refractivity contribution in [2.75, 3.05) is 5.43 Å². The Kier molecular flexibility index (Phi) is 1.39. The number of hydrogen-bond acceptors (Lipinski definition) is 3. The first-order valence-electron chi connectivity index (χ1n) is 4.14. The van der Waals surface area contributed by atoms with Gasteiger partial charge in [-0.15, -0.1) is 0 Å². The lowest BCUT2D eigenvalue weighted by atomic mass is 10.2. The van der Waals surface area contributed by atoms with Gasteiger partial charge in [-0.05, 0) is 24.3 Å². The summed E-state index contributed by atoms with van der Waals surface area (Å²) in [5, 5.41) is 0.931. The molecule has 0 aliphatic rings. The number of nitrogens with zero attached hydrogens (tertiary/aromatic N) is 1. The highest BCUT2D eigenvalue weighted by Crippen LogP contribution is 2.19. The van der Waals surface area contributed by atoms with Crippen LogP contribution in [-0.2, 0) is 0 Å². The summed E-state index contributed by atoms with van der Waals surface area (Å²) in [6.07, 6.45) is 0.265. The summed E-state index contributed by atoms with van der Waals surface area (Å²) in [6, 6.07) is 9.05. The number of rotatable bonds is 1. The molecule has 0 fully saturated rings. The molecule has 1 heterocycles. The molecule has 1 aromatic carbocycles. The summed E-state index contributed by atoms with van der Waals surface area (Å²) < 4.78 is 7.34. The van der Waals surface area contributed by atoms with E-state index in [9.17, 15) is 0 Å². The van der Waals surface area contributed by atoms with Gasteiger partial charge in [0.2, 0.25) is 0 Å². The summed E-state index contributed by atoms with van der Waals surface area (Å²) in [6.45, 7) is 0. The predicted octanol–water partition coefficient (Wildman–Crippen LogP) is 1.52. The summed E-state index contributed by atoms with van der Waals surface area (Å²) in [5.74, 6) is 5.33. The van der Waals surface area contributed by atoms with E-state index in [1.807, 2.05) is 24.3 Å². The molecule has 0 atom stereocenters. The van der Waals surface area contributed by atoms with E-state index in [0.29, 0.717) is 0 Å². The molecule has 0 amide bonds. The smallest absolute Gasteiger partial charge is 0.0840 e. The number of nitrogens with one attached hydrogen (secondary N) is 1. The minimum Gasteiger partial charge on any atom is -0.323 e. The first kappa shape index (κ1) is 5.97. The van der Waals surface area contributed by atoms with E-state index >= 15 is 0 Å². The lowest BCUT2D eigenvalue weighted by Crippen LogP contribution is -2.06. The van der Waals surface area contributed by atoms with E-state index in [1.54, 1.807) is 6.07 Å². The SMILES string of the molecule is [2H]c1ccc2c(NN)cccc2n1. The maximum absolute atomic E-state index is 7.34. The topological polar surface area (TPSA) is 50.9 Å². The minimum atomic E-state index is 0.265. The second-order valence-corrected chi connectivity index (χ2v) is 2.46. The van der Waals surface area contributed by atoms with Gasteiger partial charge in [-0.25, -0.2) is 0 Å². The van der Waals surface area contributed by atoms with Gasteiger partial charge in [0.1, 0.15) is 0 Å². The van der Waals surface area contributed by atoms with Gasteiger partial charge in [-0.1, -0.05) is 6.07 Å². The summed E-state index contributed by atoms with van der Waals surface area (Å²) in [5.41, 5.74) is 4.19. The third kappa shape index (κ3) is 1.00. The summed E-state index contributed by atoms with van der Waals surface area (Å²) >= 11 is 0. The Balaban J connectivity index is 2.77. The highest BCUT2D eigenvalue weighted by molar-refractivity contribution is 5.90. The minimum absolute atomic E-state index is 0.265. The van der Waals surface area contributed by atoms with Gasteiger partial charge in [0.15, 0.2) is 0 Å². The third-order valence-electron chi connectivity index (χ3n) is 1.75. The molecule has 3 heteroatoms. The summed E-state index contributed by atoms with van der Waals surface area (Å²) in [4.78, 5) is 4.06. The molecular weight excluding hydrogens is 150 g/mol. The average Bonchev–Trinajstić information content (AvgIpc) is 2.16. The van der Waals surface area contributed by atoms with Crippen molar-refractivity contribution in [3.8, 4) is 0 Å². The van der Waals surface area contributed by atoms with Gasteiger partial charge >= 0.3 is 0 Å². The van der Waals surface area contributed by atoms with E-state index in [1.165, 1.54) is 0 Å². The van der Waals surface area contributed by atoms with Gasteiger partial charge in [0, 0.05) is 11.6 Å². The molecular formula is C9H9N3. The van der Waals surface area contributed by atoms with Crippen LogP contribution in [0.2, 0.25) is 0 Å². The van der Waals surface area contributed by atoms with Crippen LogP contribution >= 0.6 is 0 Å². The number of aromatic nitrogens is 1. The zero-order valence-corrected chi connectivity index (χ0v) is 6.41. The fraction of sp³-hybridized carbons (Fsp3) is 0. The monoisotopic (exact) mass is 160 g/mol. The fourth-order valence-electron chi connectivity index (χ4n) is 1.18. The molecule has 60 valence electrons. The molecule has 0 spiro atoms. The van der Waals surface area contributed by atoms with Crippen LogP contribution in [0.4, 0.5) is 5.69 Å². The molecule has 0 aliphatic heterocycles. The van der Waals surface area contributed by atoms with Gasteiger partial charge in [-0.2, -0.15) is 0 Å². The van der Waals surface area contributed by atoms with Crippen LogP contribution in [-0.4, -0.2) is 4.98 Å². The Morgan fingerprint density at radius 3 is 3.08 bits per heavy atom. The van der Waals surface area contributed by atoms with Crippen LogP contribution in [0, 0.1) is 0 Å². The number of pyridine rings is 1. The zero-order valence-electron chi connectivity index (χ0n) is 7.41. The van der Waals surface area contributed by atoms with Crippen LogP contribution in [0.25, 0.3) is 10.9 Å². The number of benzene rings is 1. The second kappa shape index (κ2) is 2.79. The molecule has 1 aromatic heterocycles. The van der Waals surface area contributed by atoms with E-state index in [0.717, 1.165) is 16.6 Å². The van der Waals surface area contributed by atoms with Gasteiger partial charge in [0.25, 0.3) is 0 Å². The van der Waals surface area contributed by atoms with Crippen LogP contribution in [0.5, 0.6) is 0 Å². The normalized spacial score (nSPS) is 11.2. The number of hydrogen-bond donors (Lipinski definition) is 2. The van der Waals surface area contributed by atoms with Crippen molar-refractivity contribution in [1.82, 2.24) is 4.98 Å². The van der Waals surface area contributed by atoms with E-state index in [-0.39, 0.29) is 6.17 Å². The standard InChI is InChI=1S/C9H9N3/c10-12-9-5-1-4-8-7(9)3-2-6-11-8/h1-6,12H,10H2/i6D. The van der Waals surface area contributed by atoms with Gasteiger partial charge in [0.05, 0.1) is 12.6 Å². The average molecular weight is 160 g/mol. The largest absolute Gasteiger partial charge is 0.323 e. The molecule has 0 aliphatic carbocycles. The highest BCUT2D eigenvalue weighted by Gasteiger charge is 1.96. The molecule has 3 nitrogen and oxygen atoms in total. The molecule has 0 saturated carbocycles. The van der Waals surface area contributed by atoms with Crippen molar-refractivity contribution in [3.63, 3.8) is 0 Å².